The van der Waals surface area contributed by atoms with Crippen molar-refractivity contribution in [3.8, 4) is 11.5 Å². The molecule has 1 fully saturated rings. The number of aromatic amines is 1. The molecule has 0 saturated carbocycles. The van der Waals surface area contributed by atoms with Crippen LogP contribution in [0.2, 0.25) is 0 Å². The first-order valence-electron chi connectivity index (χ1n) is 7.90. The first-order valence-corrected chi connectivity index (χ1v) is 7.90. The minimum atomic E-state index is -0.210. The summed E-state index contributed by atoms with van der Waals surface area (Å²) in [4.78, 5) is 12.2. The van der Waals surface area contributed by atoms with Crippen molar-refractivity contribution in [1.82, 2.24) is 15.5 Å². The van der Waals surface area contributed by atoms with Crippen LogP contribution in [-0.2, 0) is 16.0 Å². The standard InChI is InChI=1S/C17H21N3O4/c1-22-15-5-3-2-4-12(15)6-7-17(21)20-14-10-23-11-16(14)24-13-8-18-19-9-13/h2-5,8-9,14,16H,6-7,10-11H2,1H3,(H,18,19)(H,20,21)/t14-,16+/m0/s1. The molecule has 128 valence electrons. The molecule has 0 bridgehead atoms. The third kappa shape index (κ3) is 4.05. The zero-order valence-electron chi connectivity index (χ0n) is 13.5. The van der Waals surface area contributed by atoms with Gasteiger partial charge in [-0.2, -0.15) is 5.10 Å². The molecule has 24 heavy (non-hydrogen) atoms. The number of amides is 1. The lowest BCUT2D eigenvalue weighted by Crippen LogP contribution is -2.45. The van der Waals surface area contributed by atoms with Crippen LogP contribution in [-0.4, -0.2) is 48.6 Å². The number of hydrogen-bond acceptors (Lipinski definition) is 5. The number of hydrogen-bond donors (Lipinski definition) is 2. The molecule has 1 aliphatic heterocycles. The van der Waals surface area contributed by atoms with Gasteiger partial charge < -0.3 is 19.5 Å². The number of methoxy groups -OCH3 is 1. The van der Waals surface area contributed by atoms with Gasteiger partial charge in [-0.25, -0.2) is 0 Å². The number of carbonyl (C=O) groups excluding carboxylic acids is 1. The Hall–Kier alpha value is -2.54. The summed E-state index contributed by atoms with van der Waals surface area (Å²) in [7, 11) is 1.63. The summed E-state index contributed by atoms with van der Waals surface area (Å²) in [5, 5.41) is 9.52. The SMILES string of the molecule is COc1ccccc1CCC(=O)N[C@H]1COC[C@H]1Oc1cn[nH]c1. The van der Waals surface area contributed by atoms with Crippen LogP contribution >= 0.6 is 0 Å². The first kappa shape index (κ1) is 16.3. The fraction of sp³-hybridized carbons (Fsp3) is 0.412. The van der Waals surface area contributed by atoms with Crippen LogP contribution in [0, 0.1) is 0 Å². The van der Waals surface area contributed by atoms with Crippen molar-refractivity contribution in [3.05, 3.63) is 42.2 Å². The van der Waals surface area contributed by atoms with E-state index in [-0.39, 0.29) is 18.1 Å². The molecule has 0 spiro atoms. The van der Waals surface area contributed by atoms with Gasteiger partial charge in [-0.3, -0.25) is 9.89 Å². The molecule has 0 aliphatic carbocycles. The maximum absolute atomic E-state index is 12.2. The molecule has 2 atom stereocenters. The third-order valence-electron chi connectivity index (χ3n) is 3.95. The molecule has 2 heterocycles. The van der Waals surface area contributed by atoms with Gasteiger partial charge in [0.15, 0.2) is 5.75 Å². The summed E-state index contributed by atoms with van der Waals surface area (Å²) in [5.74, 6) is 1.41. The van der Waals surface area contributed by atoms with Crippen molar-refractivity contribution in [2.75, 3.05) is 20.3 Å². The number of ether oxygens (including phenoxy) is 3. The van der Waals surface area contributed by atoms with Gasteiger partial charge in [0.05, 0.1) is 38.8 Å². The van der Waals surface area contributed by atoms with E-state index < -0.39 is 0 Å². The first-order chi connectivity index (χ1) is 11.8. The molecule has 0 radical (unpaired) electrons. The van der Waals surface area contributed by atoms with Crippen LogP contribution in [0.25, 0.3) is 0 Å². The van der Waals surface area contributed by atoms with Gasteiger partial charge in [0, 0.05) is 6.42 Å². The summed E-state index contributed by atoms with van der Waals surface area (Å²) in [6.45, 7) is 0.894. The number of nitrogens with zero attached hydrogens (tertiary/aromatic N) is 1. The van der Waals surface area contributed by atoms with Crippen molar-refractivity contribution in [3.63, 3.8) is 0 Å². The summed E-state index contributed by atoms with van der Waals surface area (Å²) in [6.07, 6.45) is 4.06. The normalized spacial score (nSPS) is 19.9. The highest BCUT2D eigenvalue weighted by molar-refractivity contribution is 5.76. The average molecular weight is 331 g/mol. The van der Waals surface area contributed by atoms with E-state index in [1.165, 1.54) is 0 Å². The van der Waals surface area contributed by atoms with E-state index in [0.29, 0.717) is 31.8 Å². The van der Waals surface area contributed by atoms with Crippen LogP contribution in [0.5, 0.6) is 11.5 Å². The Morgan fingerprint density at radius 1 is 1.42 bits per heavy atom. The number of H-pyrrole nitrogens is 1. The molecule has 7 nitrogen and oxygen atoms in total. The summed E-state index contributed by atoms with van der Waals surface area (Å²) in [6, 6.07) is 7.55. The van der Waals surface area contributed by atoms with Gasteiger partial charge in [-0.1, -0.05) is 18.2 Å². The van der Waals surface area contributed by atoms with E-state index in [1.54, 1.807) is 19.5 Å². The van der Waals surface area contributed by atoms with Crippen molar-refractivity contribution in [2.24, 2.45) is 0 Å². The molecule has 1 aliphatic rings. The molecule has 0 unspecified atom stereocenters. The van der Waals surface area contributed by atoms with E-state index in [1.807, 2.05) is 24.3 Å². The highest BCUT2D eigenvalue weighted by atomic mass is 16.5. The number of aryl methyl sites for hydroxylation is 1. The quantitative estimate of drug-likeness (QED) is 0.799. The Kier molecular flexibility index (Phi) is 5.32. The molecule has 7 heteroatoms. The Balaban J connectivity index is 1.50. The molecule has 1 aromatic heterocycles. The summed E-state index contributed by atoms with van der Waals surface area (Å²) in [5.41, 5.74) is 1.02. The molecular weight excluding hydrogens is 310 g/mol. The minimum Gasteiger partial charge on any atom is -0.496 e. The molecule has 2 N–H and O–H groups in total. The number of para-hydroxylation sites is 1. The van der Waals surface area contributed by atoms with Crippen LogP contribution in [0.3, 0.4) is 0 Å². The van der Waals surface area contributed by atoms with Crippen LogP contribution in [0.1, 0.15) is 12.0 Å². The van der Waals surface area contributed by atoms with Crippen molar-refractivity contribution in [1.29, 1.82) is 0 Å². The van der Waals surface area contributed by atoms with Crippen molar-refractivity contribution >= 4 is 5.91 Å². The van der Waals surface area contributed by atoms with Gasteiger partial charge in [-0.05, 0) is 18.1 Å². The third-order valence-corrected chi connectivity index (χ3v) is 3.95. The lowest BCUT2D eigenvalue weighted by Gasteiger charge is -2.19. The Labute approximate surface area is 140 Å². The second kappa shape index (κ2) is 7.83. The fourth-order valence-electron chi connectivity index (χ4n) is 2.70. The molecule has 1 aromatic carbocycles. The smallest absolute Gasteiger partial charge is 0.220 e. The van der Waals surface area contributed by atoms with Crippen molar-refractivity contribution in [2.45, 2.75) is 25.0 Å². The van der Waals surface area contributed by atoms with Crippen molar-refractivity contribution < 1.29 is 19.0 Å². The highest BCUT2D eigenvalue weighted by Crippen LogP contribution is 2.19. The maximum Gasteiger partial charge on any atom is 0.220 e. The minimum absolute atomic E-state index is 0.0304. The number of nitrogens with one attached hydrogen (secondary N) is 2. The molecule has 1 saturated heterocycles. The largest absolute Gasteiger partial charge is 0.496 e. The Morgan fingerprint density at radius 3 is 3.08 bits per heavy atom. The summed E-state index contributed by atoms with van der Waals surface area (Å²) < 4.78 is 16.5. The van der Waals surface area contributed by atoms with Crippen LogP contribution < -0.4 is 14.8 Å². The van der Waals surface area contributed by atoms with Gasteiger partial charge >= 0.3 is 0 Å². The molecular formula is C17H21N3O4. The zero-order chi connectivity index (χ0) is 16.8. The number of aromatic nitrogens is 2. The van der Waals surface area contributed by atoms with E-state index in [9.17, 15) is 4.79 Å². The van der Waals surface area contributed by atoms with Crippen LogP contribution in [0.4, 0.5) is 0 Å². The Bertz CT molecular complexity index is 660. The Morgan fingerprint density at radius 2 is 2.29 bits per heavy atom. The van der Waals surface area contributed by atoms with E-state index in [0.717, 1.165) is 11.3 Å². The highest BCUT2D eigenvalue weighted by Gasteiger charge is 2.31. The van der Waals surface area contributed by atoms with Gasteiger partial charge in [0.25, 0.3) is 0 Å². The number of rotatable bonds is 7. The number of carbonyl (C=O) groups is 1. The fourth-order valence-corrected chi connectivity index (χ4v) is 2.70. The molecule has 2 aromatic rings. The van der Waals surface area contributed by atoms with Gasteiger partial charge in [-0.15, -0.1) is 0 Å². The predicted molar refractivity (Wildman–Crippen MR) is 87.1 cm³/mol. The topological polar surface area (TPSA) is 85.5 Å². The monoisotopic (exact) mass is 331 g/mol. The van der Waals surface area contributed by atoms with E-state index in [4.69, 9.17) is 14.2 Å². The lowest BCUT2D eigenvalue weighted by molar-refractivity contribution is -0.122. The second-order valence-corrected chi connectivity index (χ2v) is 5.61. The predicted octanol–water partition coefficient (Wildman–Crippen LogP) is 1.31. The van der Waals surface area contributed by atoms with Crippen LogP contribution in [0.15, 0.2) is 36.7 Å². The summed E-state index contributed by atoms with van der Waals surface area (Å²) >= 11 is 0. The van der Waals surface area contributed by atoms with E-state index >= 15 is 0 Å². The molecule has 3 rings (SSSR count). The van der Waals surface area contributed by atoms with E-state index in [2.05, 4.69) is 15.5 Å². The second-order valence-electron chi connectivity index (χ2n) is 5.61. The molecule has 1 amide bonds. The van der Waals surface area contributed by atoms with Gasteiger partial charge in [0.2, 0.25) is 5.91 Å². The zero-order valence-corrected chi connectivity index (χ0v) is 13.5. The lowest BCUT2D eigenvalue weighted by atomic mass is 10.1. The average Bonchev–Trinajstić information content (AvgIpc) is 3.26. The maximum atomic E-state index is 12.2. The van der Waals surface area contributed by atoms with Gasteiger partial charge in [0.1, 0.15) is 11.9 Å². The number of benzene rings is 1.